The average molecular weight is 401 g/mol. The first kappa shape index (κ1) is 19.4. The summed E-state index contributed by atoms with van der Waals surface area (Å²) in [5.74, 6) is 0.00589. The minimum absolute atomic E-state index is 0.0323. The molecule has 1 aromatic heterocycles. The van der Waals surface area contributed by atoms with Gasteiger partial charge in [0.1, 0.15) is 5.75 Å². The maximum atomic E-state index is 12.1. The third-order valence-corrected chi connectivity index (χ3v) is 3.78. The van der Waals surface area contributed by atoms with Crippen LogP contribution in [-0.4, -0.2) is 22.0 Å². The molecule has 0 atom stereocenters. The molecular formula is C19H17ClN4O4. The van der Waals surface area contributed by atoms with E-state index < -0.39 is 5.91 Å². The van der Waals surface area contributed by atoms with Crippen LogP contribution in [0.3, 0.4) is 0 Å². The fraction of sp³-hybridized carbons (Fsp3) is 0.158. The van der Waals surface area contributed by atoms with Crippen LogP contribution in [0.25, 0.3) is 0 Å². The van der Waals surface area contributed by atoms with Gasteiger partial charge in [-0.15, -0.1) is 0 Å². The van der Waals surface area contributed by atoms with Crippen LogP contribution in [0.15, 0.2) is 53.1 Å². The zero-order valence-corrected chi connectivity index (χ0v) is 15.7. The van der Waals surface area contributed by atoms with Crippen molar-refractivity contribution in [2.75, 3.05) is 5.32 Å². The van der Waals surface area contributed by atoms with Gasteiger partial charge in [0.15, 0.2) is 6.61 Å². The van der Waals surface area contributed by atoms with Gasteiger partial charge in [0.25, 0.3) is 0 Å². The normalized spacial score (nSPS) is 10.4. The molecule has 2 aromatic carbocycles. The Kier molecular flexibility index (Phi) is 6.23. The summed E-state index contributed by atoms with van der Waals surface area (Å²) >= 11 is 5.91. The largest absolute Gasteiger partial charge is 0.485 e. The Balaban J connectivity index is 1.50. The summed E-state index contributed by atoms with van der Waals surface area (Å²) in [7, 11) is 0. The number of rotatable bonds is 7. The Bertz CT molecular complexity index is 972. The van der Waals surface area contributed by atoms with E-state index in [2.05, 4.69) is 20.8 Å². The predicted molar refractivity (Wildman–Crippen MR) is 102 cm³/mol. The molecule has 0 aliphatic rings. The second-order valence-electron chi connectivity index (χ2n) is 5.82. The number of halogens is 1. The highest BCUT2D eigenvalue weighted by atomic mass is 35.5. The molecule has 0 aliphatic heterocycles. The smallest absolute Gasteiger partial charge is 0.316 e. The number of carbonyl (C=O) groups is 2. The van der Waals surface area contributed by atoms with Crippen molar-refractivity contribution < 1.29 is 18.8 Å². The Morgan fingerprint density at radius 1 is 1.18 bits per heavy atom. The van der Waals surface area contributed by atoms with Crippen molar-refractivity contribution >= 4 is 29.1 Å². The third kappa shape index (κ3) is 5.55. The Morgan fingerprint density at radius 2 is 1.96 bits per heavy atom. The predicted octanol–water partition coefficient (Wildman–Crippen LogP) is 3.19. The van der Waals surface area contributed by atoms with Crippen molar-refractivity contribution in [2.24, 2.45) is 0 Å². The highest BCUT2D eigenvalue weighted by Crippen LogP contribution is 2.16. The summed E-state index contributed by atoms with van der Waals surface area (Å²) in [6, 6.07) is 14.0. The van der Waals surface area contributed by atoms with Gasteiger partial charge >= 0.3 is 11.8 Å². The highest BCUT2D eigenvalue weighted by Gasteiger charge is 2.15. The first-order chi connectivity index (χ1) is 13.5. The zero-order chi connectivity index (χ0) is 19.9. The molecule has 3 aromatic rings. The Labute approximate surface area is 165 Å². The summed E-state index contributed by atoms with van der Waals surface area (Å²) in [5.41, 5.74) is 1.52. The van der Waals surface area contributed by atoms with E-state index in [0.29, 0.717) is 16.5 Å². The summed E-state index contributed by atoms with van der Waals surface area (Å²) < 4.78 is 10.5. The number of ether oxygens (including phenoxy) is 1. The van der Waals surface area contributed by atoms with Gasteiger partial charge in [-0.2, -0.15) is 4.98 Å². The molecule has 0 saturated carbocycles. The fourth-order valence-corrected chi connectivity index (χ4v) is 2.51. The summed E-state index contributed by atoms with van der Waals surface area (Å²) in [4.78, 5) is 27.1. The number of nitrogens with one attached hydrogen (secondary N) is 2. The highest BCUT2D eigenvalue weighted by molar-refractivity contribution is 6.30. The van der Waals surface area contributed by atoms with E-state index in [1.807, 2.05) is 6.07 Å². The number of aromatic nitrogens is 2. The minimum atomic E-state index is -0.488. The van der Waals surface area contributed by atoms with Crippen LogP contribution in [0.5, 0.6) is 5.75 Å². The van der Waals surface area contributed by atoms with E-state index >= 15 is 0 Å². The lowest BCUT2D eigenvalue weighted by Crippen LogP contribution is -2.23. The van der Waals surface area contributed by atoms with Gasteiger partial charge < -0.3 is 19.9 Å². The van der Waals surface area contributed by atoms with E-state index in [-0.39, 0.29) is 30.8 Å². The summed E-state index contributed by atoms with van der Waals surface area (Å²) in [6.07, 6.45) is 0. The average Bonchev–Trinajstić information content (AvgIpc) is 3.14. The maximum Gasteiger partial charge on any atom is 0.316 e. The molecule has 28 heavy (non-hydrogen) atoms. The standard InChI is InChI=1S/C19H17ClN4O4/c1-12(25)22-15-5-7-16(8-6-15)27-11-17-23-19(28-24-17)18(26)21-10-13-3-2-4-14(20)9-13/h2-9H,10-11H2,1H3,(H,21,26)(H,22,25). The van der Waals surface area contributed by atoms with Crippen molar-refractivity contribution in [3.8, 4) is 5.75 Å². The molecule has 8 nitrogen and oxygen atoms in total. The molecule has 2 N–H and O–H groups in total. The van der Waals surface area contributed by atoms with Crippen molar-refractivity contribution in [2.45, 2.75) is 20.1 Å². The molecule has 0 bridgehead atoms. The first-order valence-electron chi connectivity index (χ1n) is 8.35. The van der Waals surface area contributed by atoms with Crippen molar-refractivity contribution in [3.63, 3.8) is 0 Å². The second-order valence-corrected chi connectivity index (χ2v) is 6.26. The number of carbonyl (C=O) groups excluding carboxylic acids is 2. The lowest BCUT2D eigenvalue weighted by atomic mass is 10.2. The fourth-order valence-electron chi connectivity index (χ4n) is 2.30. The molecule has 0 unspecified atom stereocenters. The maximum absolute atomic E-state index is 12.1. The molecule has 0 radical (unpaired) electrons. The second kappa shape index (κ2) is 9.01. The quantitative estimate of drug-likeness (QED) is 0.630. The molecule has 0 saturated heterocycles. The van der Waals surface area contributed by atoms with E-state index in [1.54, 1.807) is 42.5 Å². The van der Waals surface area contributed by atoms with E-state index in [0.717, 1.165) is 5.56 Å². The van der Waals surface area contributed by atoms with Crippen LogP contribution in [0, 0.1) is 0 Å². The zero-order valence-electron chi connectivity index (χ0n) is 14.9. The minimum Gasteiger partial charge on any atom is -0.485 e. The van der Waals surface area contributed by atoms with Gasteiger partial charge in [-0.1, -0.05) is 28.9 Å². The molecule has 0 aliphatic carbocycles. The SMILES string of the molecule is CC(=O)Nc1ccc(OCc2noc(C(=O)NCc3cccc(Cl)c3)n2)cc1. The van der Waals surface area contributed by atoms with Crippen LogP contribution < -0.4 is 15.4 Å². The number of nitrogens with zero attached hydrogens (tertiary/aromatic N) is 2. The van der Waals surface area contributed by atoms with Gasteiger partial charge in [0.05, 0.1) is 0 Å². The van der Waals surface area contributed by atoms with E-state index in [4.69, 9.17) is 20.9 Å². The van der Waals surface area contributed by atoms with Crippen LogP contribution in [0.1, 0.15) is 29.0 Å². The molecular weight excluding hydrogens is 384 g/mol. The van der Waals surface area contributed by atoms with Gasteiger partial charge in [-0.3, -0.25) is 9.59 Å². The monoisotopic (exact) mass is 400 g/mol. The van der Waals surface area contributed by atoms with Crippen LogP contribution >= 0.6 is 11.6 Å². The molecule has 0 fully saturated rings. The van der Waals surface area contributed by atoms with Crippen LogP contribution in [0.2, 0.25) is 5.02 Å². The summed E-state index contributed by atoms with van der Waals surface area (Å²) in [6.45, 7) is 1.75. The lowest BCUT2D eigenvalue weighted by molar-refractivity contribution is -0.114. The van der Waals surface area contributed by atoms with Crippen LogP contribution in [-0.2, 0) is 17.9 Å². The van der Waals surface area contributed by atoms with E-state index in [9.17, 15) is 9.59 Å². The molecule has 3 rings (SSSR count). The number of hydrogen-bond donors (Lipinski definition) is 2. The molecule has 2 amide bonds. The Morgan fingerprint density at radius 3 is 2.68 bits per heavy atom. The van der Waals surface area contributed by atoms with Gasteiger partial charge in [-0.25, -0.2) is 0 Å². The molecule has 0 spiro atoms. The van der Waals surface area contributed by atoms with Crippen molar-refractivity contribution in [1.29, 1.82) is 0 Å². The van der Waals surface area contributed by atoms with Crippen LogP contribution in [0.4, 0.5) is 5.69 Å². The number of amides is 2. The van der Waals surface area contributed by atoms with Crippen molar-refractivity contribution in [1.82, 2.24) is 15.5 Å². The number of hydrogen-bond acceptors (Lipinski definition) is 6. The molecule has 144 valence electrons. The Hall–Kier alpha value is -3.39. The van der Waals surface area contributed by atoms with E-state index in [1.165, 1.54) is 6.92 Å². The number of benzene rings is 2. The third-order valence-electron chi connectivity index (χ3n) is 3.55. The van der Waals surface area contributed by atoms with Gasteiger partial charge in [0.2, 0.25) is 11.7 Å². The van der Waals surface area contributed by atoms with Gasteiger partial charge in [0, 0.05) is 24.2 Å². The topological polar surface area (TPSA) is 106 Å². The summed E-state index contributed by atoms with van der Waals surface area (Å²) in [5, 5.41) is 9.66. The molecule has 1 heterocycles. The lowest BCUT2D eigenvalue weighted by Gasteiger charge is -2.05. The van der Waals surface area contributed by atoms with Crippen molar-refractivity contribution in [3.05, 3.63) is 70.8 Å². The molecule has 9 heteroatoms. The first-order valence-corrected chi connectivity index (χ1v) is 8.73. The van der Waals surface area contributed by atoms with Gasteiger partial charge in [-0.05, 0) is 42.0 Å². The number of anilines is 1.